The summed E-state index contributed by atoms with van der Waals surface area (Å²) < 4.78 is 80.7. The van der Waals surface area contributed by atoms with E-state index < -0.39 is 32.1 Å². The Balaban J connectivity index is 0.685. The Hall–Kier alpha value is -10.6. The number of para-hydroxylation sites is 2. The molecule has 12 nitrogen and oxygen atoms in total. The molecule has 476 valence electrons. The summed E-state index contributed by atoms with van der Waals surface area (Å²) in [5.41, 5.74) is 11.1. The molecule has 2 aliphatic heterocycles. The van der Waals surface area contributed by atoms with Gasteiger partial charge in [-0.1, -0.05) is 185 Å². The van der Waals surface area contributed by atoms with Crippen molar-refractivity contribution in [3.05, 3.63) is 313 Å². The normalized spacial score (nSPS) is 14.9. The van der Waals surface area contributed by atoms with Crippen LogP contribution in [-0.4, -0.2) is 11.9 Å². The van der Waals surface area contributed by atoms with Crippen LogP contribution in [0.3, 0.4) is 0 Å². The molecular formula is C81H70O12P2. The molecule has 2 heterocycles. The molecule has 0 bridgehead atoms. The zero-order valence-corrected chi connectivity index (χ0v) is 55.1. The van der Waals surface area contributed by atoms with Crippen molar-refractivity contribution in [3.63, 3.8) is 0 Å². The van der Waals surface area contributed by atoms with E-state index in [0.717, 1.165) is 78.3 Å². The van der Waals surface area contributed by atoms with Crippen LogP contribution < -0.4 is 58.7 Å². The molecule has 0 aromatic heterocycles. The van der Waals surface area contributed by atoms with E-state index in [1.165, 1.54) is 0 Å². The molecule has 0 spiro atoms. The Morgan fingerprint density at radius 3 is 1.24 bits per heavy atom. The third-order valence-corrected chi connectivity index (χ3v) is 21.7. The van der Waals surface area contributed by atoms with E-state index in [-0.39, 0.29) is 46.5 Å². The van der Waals surface area contributed by atoms with Gasteiger partial charge in [-0.3, -0.25) is 9.13 Å². The number of hydrogen-bond acceptors (Lipinski definition) is 12. The average Bonchev–Trinajstić information content (AvgIpc) is 0.741. The van der Waals surface area contributed by atoms with Gasteiger partial charge in [-0.2, -0.15) is 0 Å². The fourth-order valence-electron chi connectivity index (χ4n) is 11.5. The molecule has 95 heavy (non-hydrogen) atoms. The highest BCUT2D eigenvalue weighted by Gasteiger charge is 2.42. The maximum absolute atomic E-state index is 15.4. The second-order valence-electron chi connectivity index (χ2n) is 24.0. The number of rotatable bonds is 24. The van der Waals surface area contributed by atoms with Crippen molar-refractivity contribution in [2.24, 2.45) is 0 Å². The second kappa shape index (κ2) is 27.5. The van der Waals surface area contributed by atoms with Gasteiger partial charge in [0.25, 0.3) is 0 Å². The van der Waals surface area contributed by atoms with E-state index in [4.69, 9.17) is 37.5 Å². The summed E-state index contributed by atoms with van der Waals surface area (Å²) in [4.78, 5) is 25.5. The minimum atomic E-state index is -3.88. The molecular weight excluding hydrogens is 1230 g/mol. The first-order valence-electron chi connectivity index (χ1n) is 31.1. The molecule has 0 aliphatic carbocycles. The van der Waals surface area contributed by atoms with Gasteiger partial charge in [-0.05, 0) is 155 Å². The number of benzene rings is 10. The first-order chi connectivity index (χ1) is 45.9. The van der Waals surface area contributed by atoms with Crippen molar-refractivity contribution < 1.29 is 56.2 Å². The molecule has 0 saturated carbocycles. The minimum absolute atomic E-state index is 0.0940. The van der Waals surface area contributed by atoms with Gasteiger partial charge < -0.3 is 37.5 Å². The molecule has 2 aliphatic rings. The number of fused-ring (bicyclic) bond motifs is 6. The molecule has 2 unspecified atom stereocenters. The van der Waals surface area contributed by atoms with Crippen LogP contribution in [0.5, 0.6) is 46.0 Å². The van der Waals surface area contributed by atoms with Gasteiger partial charge in [0.1, 0.15) is 72.4 Å². The first kappa shape index (κ1) is 64.5. The molecule has 0 saturated heterocycles. The second-order valence-corrected chi connectivity index (χ2v) is 28.5. The Bertz CT molecular complexity index is 4750. The highest BCUT2D eigenvalue weighted by atomic mass is 31.2. The maximum atomic E-state index is 15.4. The third-order valence-electron chi connectivity index (χ3n) is 16.8. The van der Waals surface area contributed by atoms with E-state index in [1.807, 2.05) is 146 Å². The fourth-order valence-corrected chi connectivity index (χ4v) is 16.3. The summed E-state index contributed by atoms with van der Waals surface area (Å²) in [5, 5.41) is 1.47. The predicted octanol–water partition coefficient (Wildman–Crippen LogP) is 17.3. The number of ether oxygens (including phenoxy) is 6. The molecule has 10 aromatic rings. The summed E-state index contributed by atoms with van der Waals surface area (Å²) in [6.07, 6.45) is 4.97. The van der Waals surface area contributed by atoms with Gasteiger partial charge >= 0.3 is 26.7 Å². The van der Waals surface area contributed by atoms with E-state index in [9.17, 15) is 9.59 Å². The standard InChI is InChI=1S/C81H70O12P2/c1-9-19-59-45-61(37-41-69(59)87-50-56-31-29-55(30-32-56)49-86-63-39-44-74(91-80(83)54(5)6)78(47-63)95(85)76-28-18-14-24-68(76)66-22-12-16-26-72(66)93-95)81(7,8)62-38-42-70(60(46-62)20-10-2)88-51-57-33-35-58(36-34-57)52-89-73-43-40-64(90-79(82)53(3)4)48-77(73)94(84)75-27-17-13-23-67(75)65-21-11-15-25-71(65)92-94/h9-18,21-48H,1-3,5,19-20,49-52H2,4,6-8H3. The third kappa shape index (κ3) is 13.6. The van der Waals surface area contributed by atoms with Crippen LogP contribution in [0.25, 0.3) is 22.3 Å². The van der Waals surface area contributed by atoms with Crippen LogP contribution in [-0.2, 0) is 63.4 Å². The zero-order valence-electron chi connectivity index (χ0n) is 53.3. The van der Waals surface area contributed by atoms with E-state index in [2.05, 4.69) is 64.4 Å². The van der Waals surface area contributed by atoms with E-state index in [0.29, 0.717) is 59.7 Å². The smallest absolute Gasteiger partial charge is 0.338 e. The molecule has 0 N–H and O–H groups in total. The average molecular weight is 1300 g/mol. The Kier molecular flexibility index (Phi) is 18.7. The van der Waals surface area contributed by atoms with Crippen molar-refractivity contribution in [1.29, 1.82) is 0 Å². The Labute approximate surface area is 554 Å². The number of carbonyl (C=O) groups excluding carboxylic acids is 2. The van der Waals surface area contributed by atoms with Crippen LogP contribution >= 0.6 is 14.7 Å². The van der Waals surface area contributed by atoms with Crippen molar-refractivity contribution in [3.8, 4) is 68.2 Å². The van der Waals surface area contributed by atoms with Crippen molar-refractivity contribution in [1.82, 2.24) is 0 Å². The van der Waals surface area contributed by atoms with Gasteiger partial charge in [-0.25, -0.2) is 9.59 Å². The molecule has 2 atom stereocenters. The van der Waals surface area contributed by atoms with Crippen LogP contribution in [0, 0.1) is 0 Å². The molecule has 12 rings (SSSR count). The van der Waals surface area contributed by atoms with Crippen LogP contribution in [0.4, 0.5) is 0 Å². The monoisotopic (exact) mass is 1300 g/mol. The predicted molar refractivity (Wildman–Crippen MR) is 376 cm³/mol. The van der Waals surface area contributed by atoms with Crippen molar-refractivity contribution >= 4 is 47.9 Å². The van der Waals surface area contributed by atoms with E-state index >= 15 is 9.13 Å². The van der Waals surface area contributed by atoms with Crippen LogP contribution in [0.1, 0.15) is 72.2 Å². The lowest BCUT2D eigenvalue weighted by Gasteiger charge is -2.30. The van der Waals surface area contributed by atoms with Crippen molar-refractivity contribution in [2.75, 3.05) is 0 Å². The zero-order chi connectivity index (χ0) is 66.4. The fraction of sp³-hybridized carbons (Fsp3) is 0.136. The van der Waals surface area contributed by atoms with Crippen LogP contribution in [0.15, 0.2) is 268 Å². The molecule has 0 fully saturated rings. The number of esters is 2. The van der Waals surface area contributed by atoms with Gasteiger partial charge in [0.2, 0.25) is 0 Å². The van der Waals surface area contributed by atoms with Gasteiger partial charge in [0.15, 0.2) is 0 Å². The number of hydrogen-bond donors (Lipinski definition) is 0. The van der Waals surface area contributed by atoms with Gasteiger partial charge in [0, 0.05) is 27.7 Å². The number of carbonyl (C=O) groups is 2. The summed E-state index contributed by atoms with van der Waals surface area (Å²) in [5.74, 6) is 2.23. The lowest BCUT2D eigenvalue weighted by Crippen LogP contribution is -2.27. The first-order valence-corrected chi connectivity index (χ1v) is 34.3. The molecule has 0 amide bonds. The van der Waals surface area contributed by atoms with Crippen LogP contribution in [0.2, 0.25) is 0 Å². The highest BCUT2D eigenvalue weighted by Crippen LogP contribution is 2.57. The summed E-state index contributed by atoms with van der Waals surface area (Å²) in [6, 6.07) is 68.1. The molecule has 10 aromatic carbocycles. The molecule has 0 radical (unpaired) electrons. The Morgan fingerprint density at radius 2 is 0.779 bits per heavy atom. The number of allylic oxidation sites excluding steroid dienone is 2. The summed E-state index contributed by atoms with van der Waals surface area (Å²) in [6.45, 7) is 24.1. The molecule has 14 heteroatoms. The van der Waals surface area contributed by atoms with Gasteiger partial charge in [-0.15, -0.1) is 13.2 Å². The quantitative estimate of drug-likeness (QED) is 0.0187. The maximum Gasteiger partial charge on any atom is 0.338 e. The van der Waals surface area contributed by atoms with E-state index in [1.54, 1.807) is 74.5 Å². The SMILES string of the molecule is C=CCc1cc(C(C)(C)c2ccc(OCc3ccc(COc4ccc(OC(=O)C(=C)C)cc4P4(=O)Oc5ccccc5-c5ccccc54)cc3)c(CC=C)c2)ccc1OCc1ccc(COc2ccc(OC(=O)C(=C)C)c(P3(=O)Oc4ccccc4-c4ccccc43)c2)cc1. The largest absolute Gasteiger partial charge is 0.489 e. The summed E-state index contributed by atoms with van der Waals surface area (Å²) in [7, 11) is -7.73. The topological polar surface area (TPSA) is 142 Å². The van der Waals surface area contributed by atoms with Crippen molar-refractivity contribution in [2.45, 2.75) is 72.4 Å². The lowest BCUT2D eigenvalue weighted by molar-refractivity contribution is -0.130. The summed E-state index contributed by atoms with van der Waals surface area (Å²) >= 11 is 0. The minimum Gasteiger partial charge on any atom is -0.489 e. The highest BCUT2D eigenvalue weighted by molar-refractivity contribution is 7.75. The lowest BCUT2D eigenvalue weighted by atomic mass is 9.76. The van der Waals surface area contributed by atoms with Gasteiger partial charge in [0.05, 0.1) is 21.2 Å². The Morgan fingerprint density at radius 1 is 0.411 bits per heavy atom.